The molecule has 0 unspecified atom stereocenters. The van der Waals surface area contributed by atoms with E-state index in [1.54, 1.807) is 27.7 Å². The molecule has 0 N–H and O–H groups in total. The molecule has 6 nitrogen and oxygen atoms in total. The second kappa shape index (κ2) is 8.57. The maximum atomic E-state index is 12.8. The molecule has 2 aromatic carbocycles. The van der Waals surface area contributed by atoms with Crippen LogP contribution in [0.25, 0.3) is 0 Å². The molecular weight excluding hydrogens is 528 g/mol. The van der Waals surface area contributed by atoms with Gasteiger partial charge in [-0.2, -0.15) is 0 Å². The third-order valence-electron chi connectivity index (χ3n) is 3.66. The van der Waals surface area contributed by atoms with Crippen molar-refractivity contribution >= 4 is 53.6 Å². The Morgan fingerprint density at radius 3 is 1.21 bits per heavy atom. The molecule has 0 bridgehead atoms. The first-order valence-electron chi connectivity index (χ1n) is 8.49. The Bertz CT molecular complexity index is 921. The van der Waals surface area contributed by atoms with Gasteiger partial charge >= 0.3 is 11.9 Å². The molecule has 0 fully saturated rings. The molecule has 156 valence electrons. The van der Waals surface area contributed by atoms with Gasteiger partial charge in [-0.25, -0.2) is 8.42 Å². The Morgan fingerprint density at radius 2 is 0.966 bits per heavy atom. The lowest BCUT2D eigenvalue weighted by molar-refractivity contribution is -0.136. The van der Waals surface area contributed by atoms with Crippen LogP contribution in [0, 0.1) is 0 Å². The molecule has 0 spiro atoms. The van der Waals surface area contributed by atoms with Crippen molar-refractivity contribution in [2.75, 3.05) is 0 Å². The summed E-state index contributed by atoms with van der Waals surface area (Å²) < 4.78 is 34.3. The van der Waals surface area contributed by atoms with Crippen LogP contribution in [0.15, 0.2) is 58.3 Å². The minimum Gasteiger partial charge on any atom is -0.426 e. The smallest absolute Gasteiger partial charge is 0.327 e. The zero-order chi connectivity index (χ0) is 22.0. The SMILES string of the molecule is CC(C)(Br)C(=O)Oc1ccc(S(=O)(=O)c2ccc(OC(=O)C(C)(C)Br)cc2)cc1. The van der Waals surface area contributed by atoms with E-state index in [4.69, 9.17) is 9.47 Å². The van der Waals surface area contributed by atoms with E-state index in [0.717, 1.165) is 0 Å². The lowest BCUT2D eigenvalue weighted by Crippen LogP contribution is -2.29. The van der Waals surface area contributed by atoms with E-state index < -0.39 is 30.4 Å². The predicted molar refractivity (Wildman–Crippen MR) is 116 cm³/mol. The number of carbonyl (C=O) groups is 2. The zero-order valence-electron chi connectivity index (χ0n) is 16.2. The molecule has 9 heteroatoms. The number of ether oxygens (including phenoxy) is 2. The van der Waals surface area contributed by atoms with Crippen LogP contribution in [-0.4, -0.2) is 29.0 Å². The summed E-state index contributed by atoms with van der Waals surface area (Å²) in [6.07, 6.45) is 0. The Hall–Kier alpha value is -1.71. The quantitative estimate of drug-likeness (QED) is 0.296. The average Bonchev–Trinajstić information content (AvgIpc) is 2.61. The van der Waals surface area contributed by atoms with Gasteiger partial charge in [-0.15, -0.1) is 0 Å². The summed E-state index contributed by atoms with van der Waals surface area (Å²) in [5, 5.41) is 0. The highest BCUT2D eigenvalue weighted by Crippen LogP contribution is 2.27. The molecule has 0 atom stereocenters. The Kier molecular flexibility index (Phi) is 6.97. The van der Waals surface area contributed by atoms with E-state index >= 15 is 0 Å². The van der Waals surface area contributed by atoms with Crippen LogP contribution in [0.5, 0.6) is 11.5 Å². The molecule has 0 aliphatic carbocycles. The van der Waals surface area contributed by atoms with Gasteiger partial charge in [-0.1, -0.05) is 31.9 Å². The summed E-state index contributed by atoms with van der Waals surface area (Å²) in [6, 6.07) is 11.1. The number of hydrogen-bond acceptors (Lipinski definition) is 6. The molecule has 0 radical (unpaired) electrons. The maximum absolute atomic E-state index is 12.8. The number of alkyl halides is 2. The van der Waals surface area contributed by atoms with Crippen LogP contribution in [0.1, 0.15) is 27.7 Å². The second-order valence-electron chi connectivity index (χ2n) is 7.17. The molecule has 0 aliphatic rings. The summed E-state index contributed by atoms with van der Waals surface area (Å²) in [7, 11) is -3.79. The molecule has 0 aliphatic heterocycles. The molecule has 2 rings (SSSR count). The van der Waals surface area contributed by atoms with Gasteiger partial charge in [0.25, 0.3) is 0 Å². The minimum atomic E-state index is -3.79. The average molecular weight is 548 g/mol. The highest BCUT2D eigenvalue weighted by atomic mass is 79.9. The van der Waals surface area contributed by atoms with E-state index in [1.807, 2.05) is 0 Å². The monoisotopic (exact) mass is 546 g/mol. The van der Waals surface area contributed by atoms with Crippen molar-refractivity contribution in [3.05, 3.63) is 48.5 Å². The largest absolute Gasteiger partial charge is 0.426 e. The van der Waals surface area contributed by atoms with Gasteiger partial charge in [0.1, 0.15) is 20.1 Å². The summed E-state index contributed by atoms with van der Waals surface area (Å²) >= 11 is 6.41. The van der Waals surface area contributed by atoms with Crippen LogP contribution < -0.4 is 9.47 Å². The predicted octanol–water partition coefficient (Wildman–Crippen LogP) is 4.68. The Balaban J connectivity index is 2.18. The Morgan fingerprint density at radius 1 is 0.690 bits per heavy atom. The zero-order valence-corrected chi connectivity index (χ0v) is 20.2. The number of esters is 2. The molecule has 0 amide bonds. The van der Waals surface area contributed by atoms with E-state index in [0.29, 0.717) is 0 Å². The first-order valence-corrected chi connectivity index (χ1v) is 11.6. The number of carbonyl (C=O) groups excluding carboxylic acids is 2. The van der Waals surface area contributed by atoms with Crippen LogP contribution in [0.4, 0.5) is 0 Å². The van der Waals surface area contributed by atoms with Crippen molar-refractivity contribution < 1.29 is 27.5 Å². The second-order valence-corrected chi connectivity index (χ2v) is 13.1. The third kappa shape index (κ3) is 6.13. The van der Waals surface area contributed by atoms with E-state index in [-0.39, 0.29) is 21.3 Å². The van der Waals surface area contributed by atoms with Crippen molar-refractivity contribution in [3.8, 4) is 11.5 Å². The first kappa shape index (κ1) is 23.6. The van der Waals surface area contributed by atoms with Gasteiger partial charge in [0.2, 0.25) is 9.84 Å². The van der Waals surface area contributed by atoms with Crippen molar-refractivity contribution in [3.63, 3.8) is 0 Å². The highest BCUT2D eigenvalue weighted by molar-refractivity contribution is 9.10. The van der Waals surface area contributed by atoms with Gasteiger partial charge in [-0.3, -0.25) is 9.59 Å². The van der Waals surface area contributed by atoms with Crippen LogP contribution in [0.3, 0.4) is 0 Å². The Labute approximate surface area is 186 Å². The van der Waals surface area contributed by atoms with E-state index in [9.17, 15) is 18.0 Å². The fourth-order valence-electron chi connectivity index (χ4n) is 1.97. The highest BCUT2D eigenvalue weighted by Gasteiger charge is 2.27. The minimum absolute atomic E-state index is 0.0433. The van der Waals surface area contributed by atoms with Crippen LogP contribution in [-0.2, 0) is 19.4 Å². The number of rotatable bonds is 6. The standard InChI is InChI=1S/C20H20Br2O6S/c1-19(2,21)17(23)27-13-5-9-15(10-6-13)29(25,26)16-11-7-14(8-12-16)28-18(24)20(3,4)22/h5-12H,1-4H3. The van der Waals surface area contributed by atoms with Crippen molar-refractivity contribution in [1.29, 1.82) is 0 Å². The molecule has 0 saturated carbocycles. The molecule has 0 aromatic heterocycles. The third-order valence-corrected chi connectivity index (χ3v) is 6.09. The number of benzene rings is 2. The van der Waals surface area contributed by atoms with Crippen molar-refractivity contribution in [2.45, 2.75) is 46.1 Å². The van der Waals surface area contributed by atoms with Crippen LogP contribution in [0.2, 0.25) is 0 Å². The van der Waals surface area contributed by atoms with Gasteiger partial charge in [0, 0.05) is 0 Å². The van der Waals surface area contributed by atoms with Crippen LogP contribution >= 0.6 is 31.9 Å². The first-order chi connectivity index (χ1) is 13.2. The van der Waals surface area contributed by atoms with Crippen molar-refractivity contribution in [2.24, 2.45) is 0 Å². The lowest BCUT2D eigenvalue weighted by Gasteiger charge is -2.15. The normalized spacial score (nSPS) is 12.3. The fraction of sp³-hybridized carbons (Fsp3) is 0.300. The van der Waals surface area contributed by atoms with E-state index in [1.165, 1.54) is 48.5 Å². The molecule has 29 heavy (non-hydrogen) atoms. The van der Waals surface area contributed by atoms with Gasteiger partial charge < -0.3 is 9.47 Å². The van der Waals surface area contributed by atoms with Gasteiger partial charge in [-0.05, 0) is 76.2 Å². The number of sulfone groups is 1. The topological polar surface area (TPSA) is 86.7 Å². The van der Waals surface area contributed by atoms with Crippen molar-refractivity contribution in [1.82, 2.24) is 0 Å². The fourth-order valence-corrected chi connectivity index (χ4v) is 3.39. The van der Waals surface area contributed by atoms with Gasteiger partial charge in [0.05, 0.1) is 9.79 Å². The summed E-state index contributed by atoms with van der Waals surface area (Å²) in [5.74, 6) is -0.517. The maximum Gasteiger partial charge on any atom is 0.327 e. The van der Waals surface area contributed by atoms with E-state index in [2.05, 4.69) is 31.9 Å². The molecule has 0 heterocycles. The molecule has 2 aromatic rings. The number of halogens is 2. The van der Waals surface area contributed by atoms with Gasteiger partial charge in [0.15, 0.2) is 0 Å². The summed E-state index contributed by atoms with van der Waals surface area (Å²) in [4.78, 5) is 23.8. The molecular formula is C20H20Br2O6S. The summed E-state index contributed by atoms with van der Waals surface area (Å²) in [5.41, 5.74) is 0. The molecule has 0 saturated heterocycles. The lowest BCUT2D eigenvalue weighted by atomic mass is 10.2. The summed E-state index contributed by atoms with van der Waals surface area (Å²) in [6.45, 7) is 6.59. The number of hydrogen-bond donors (Lipinski definition) is 0.